The molecule has 0 spiro atoms. The molecule has 126 valence electrons. The summed E-state index contributed by atoms with van der Waals surface area (Å²) in [5.41, 5.74) is 1.29. The molecule has 1 aliphatic rings. The Kier molecular flexibility index (Phi) is 4.53. The Balaban J connectivity index is 1.73. The van der Waals surface area contributed by atoms with Crippen LogP contribution in [-0.4, -0.2) is 20.3 Å². The Morgan fingerprint density at radius 2 is 1.79 bits per heavy atom. The third-order valence-electron chi connectivity index (χ3n) is 4.15. The highest BCUT2D eigenvalue weighted by atomic mass is 35.5. The van der Waals surface area contributed by atoms with Crippen LogP contribution in [0.1, 0.15) is 18.4 Å². The number of rotatable bonds is 5. The summed E-state index contributed by atoms with van der Waals surface area (Å²) in [4.78, 5) is 12.4. The SMILES string of the molecule is COc1ccc(OC)c(NC(=O)NC2(c3ccc(Cl)cc3)CC2)c1. The second-order valence-electron chi connectivity index (χ2n) is 5.73. The van der Waals surface area contributed by atoms with Crippen molar-refractivity contribution >= 4 is 23.3 Å². The highest BCUT2D eigenvalue weighted by molar-refractivity contribution is 6.30. The fraction of sp³-hybridized carbons (Fsp3) is 0.278. The van der Waals surface area contributed by atoms with Crippen molar-refractivity contribution in [3.8, 4) is 11.5 Å². The Labute approximate surface area is 145 Å². The van der Waals surface area contributed by atoms with E-state index in [2.05, 4.69) is 10.6 Å². The minimum atomic E-state index is -0.319. The van der Waals surface area contributed by atoms with Crippen LogP contribution in [-0.2, 0) is 5.54 Å². The van der Waals surface area contributed by atoms with Gasteiger partial charge in [0.15, 0.2) is 0 Å². The summed E-state index contributed by atoms with van der Waals surface area (Å²) in [5.74, 6) is 1.22. The lowest BCUT2D eigenvalue weighted by Crippen LogP contribution is -2.38. The van der Waals surface area contributed by atoms with Crippen LogP contribution in [0.25, 0.3) is 0 Å². The molecule has 0 bridgehead atoms. The van der Waals surface area contributed by atoms with Gasteiger partial charge < -0.3 is 20.1 Å². The summed E-state index contributed by atoms with van der Waals surface area (Å²) in [6, 6.07) is 12.5. The molecule has 2 aromatic rings. The summed E-state index contributed by atoms with van der Waals surface area (Å²) in [5, 5.41) is 6.56. The molecular weight excluding hydrogens is 328 g/mol. The van der Waals surface area contributed by atoms with Crippen molar-refractivity contribution in [2.45, 2.75) is 18.4 Å². The van der Waals surface area contributed by atoms with Crippen LogP contribution in [0.4, 0.5) is 10.5 Å². The van der Waals surface area contributed by atoms with Gasteiger partial charge in [-0.1, -0.05) is 23.7 Å². The number of halogens is 1. The number of nitrogens with one attached hydrogen (secondary N) is 2. The number of anilines is 1. The summed E-state index contributed by atoms with van der Waals surface area (Å²) in [6.45, 7) is 0. The molecule has 5 nitrogen and oxygen atoms in total. The number of ether oxygens (including phenoxy) is 2. The largest absolute Gasteiger partial charge is 0.497 e. The van der Waals surface area contributed by atoms with E-state index in [1.54, 1.807) is 32.4 Å². The van der Waals surface area contributed by atoms with E-state index in [9.17, 15) is 4.79 Å². The molecule has 0 unspecified atom stereocenters. The lowest BCUT2D eigenvalue weighted by Gasteiger charge is -2.19. The maximum atomic E-state index is 12.4. The molecule has 0 aliphatic heterocycles. The van der Waals surface area contributed by atoms with E-state index in [4.69, 9.17) is 21.1 Å². The van der Waals surface area contributed by atoms with Gasteiger partial charge in [-0.3, -0.25) is 0 Å². The van der Waals surface area contributed by atoms with Crippen molar-refractivity contribution in [2.24, 2.45) is 0 Å². The van der Waals surface area contributed by atoms with Gasteiger partial charge in [0.2, 0.25) is 0 Å². The molecule has 2 aromatic carbocycles. The average Bonchev–Trinajstić information content (AvgIpc) is 3.35. The zero-order valence-electron chi connectivity index (χ0n) is 13.6. The fourth-order valence-corrected chi connectivity index (χ4v) is 2.79. The van der Waals surface area contributed by atoms with Gasteiger partial charge in [-0.05, 0) is 42.7 Å². The number of methoxy groups -OCH3 is 2. The Morgan fingerprint density at radius 1 is 1.08 bits per heavy atom. The first-order valence-corrected chi connectivity index (χ1v) is 8.01. The monoisotopic (exact) mass is 346 g/mol. The van der Waals surface area contributed by atoms with Crippen molar-refractivity contribution in [3.63, 3.8) is 0 Å². The lowest BCUT2D eigenvalue weighted by molar-refractivity contribution is 0.247. The molecule has 24 heavy (non-hydrogen) atoms. The zero-order valence-corrected chi connectivity index (χ0v) is 14.3. The Bertz CT molecular complexity index is 742. The molecule has 0 saturated heterocycles. The first-order chi connectivity index (χ1) is 11.6. The van der Waals surface area contributed by atoms with Crippen LogP contribution in [0, 0.1) is 0 Å². The molecule has 1 fully saturated rings. The Hall–Kier alpha value is -2.40. The molecule has 1 saturated carbocycles. The average molecular weight is 347 g/mol. The van der Waals surface area contributed by atoms with E-state index < -0.39 is 0 Å². The first kappa shape index (κ1) is 16.5. The quantitative estimate of drug-likeness (QED) is 0.854. The second-order valence-corrected chi connectivity index (χ2v) is 6.17. The van der Waals surface area contributed by atoms with Gasteiger partial charge >= 0.3 is 6.03 Å². The minimum Gasteiger partial charge on any atom is -0.497 e. The maximum absolute atomic E-state index is 12.4. The summed E-state index contributed by atoms with van der Waals surface area (Å²) in [7, 11) is 3.13. The molecule has 2 N–H and O–H groups in total. The normalized spacial score (nSPS) is 14.6. The van der Waals surface area contributed by atoms with Gasteiger partial charge in [0.25, 0.3) is 0 Å². The molecule has 0 aromatic heterocycles. The van der Waals surface area contributed by atoms with Crippen molar-refractivity contribution in [2.75, 3.05) is 19.5 Å². The smallest absolute Gasteiger partial charge is 0.320 e. The standard InChI is InChI=1S/C18H19ClN2O3/c1-23-14-7-8-16(24-2)15(11-14)20-17(22)21-18(9-10-18)12-3-5-13(19)6-4-12/h3-8,11H,9-10H2,1-2H3,(H2,20,21,22). The predicted octanol–water partition coefficient (Wildman–Crippen LogP) is 4.17. The molecule has 1 aliphatic carbocycles. The summed E-state index contributed by atoms with van der Waals surface area (Å²) in [6.07, 6.45) is 1.80. The molecule has 6 heteroatoms. The van der Waals surface area contributed by atoms with E-state index in [1.807, 2.05) is 24.3 Å². The topological polar surface area (TPSA) is 59.6 Å². The molecule has 3 rings (SSSR count). The number of carbonyl (C=O) groups is 1. The van der Waals surface area contributed by atoms with Crippen LogP contribution in [0.15, 0.2) is 42.5 Å². The highest BCUT2D eigenvalue weighted by Gasteiger charge is 2.45. The van der Waals surface area contributed by atoms with Crippen molar-refractivity contribution in [3.05, 3.63) is 53.1 Å². The van der Waals surface area contributed by atoms with Crippen LogP contribution in [0.5, 0.6) is 11.5 Å². The van der Waals surface area contributed by atoms with Crippen molar-refractivity contribution < 1.29 is 14.3 Å². The Morgan fingerprint density at radius 3 is 2.38 bits per heavy atom. The van der Waals surface area contributed by atoms with Gasteiger partial charge in [0, 0.05) is 11.1 Å². The van der Waals surface area contributed by atoms with Gasteiger partial charge in [0.05, 0.1) is 25.4 Å². The molecular formula is C18H19ClN2O3. The number of carbonyl (C=O) groups excluding carboxylic acids is 1. The van der Waals surface area contributed by atoms with Crippen LogP contribution < -0.4 is 20.1 Å². The number of amides is 2. The minimum absolute atomic E-state index is 0.283. The van der Waals surface area contributed by atoms with E-state index in [-0.39, 0.29) is 11.6 Å². The van der Waals surface area contributed by atoms with Crippen LogP contribution in [0.3, 0.4) is 0 Å². The first-order valence-electron chi connectivity index (χ1n) is 7.63. The summed E-state index contributed by atoms with van der Waals surface area (Å²) >= 11 is 5.93. The number of benzene rings is 2. The van der Waals surface area contributed by atoms with E-state index in [0.29, 0.717) is 22.2 Å². The number of hydrogen-bond donors (Lipinski definition) is 2. The predicted molar refractivity (Wildman–Crippen MR) is 94.1 cm³/mol. The van der Waals surface area contributed by atoms with E-state index in [1.165, 1.54) is 0 Å². The molecule has 0 atom stereocenters. The van der Waals surface area contributed by atoms with Crippen molar-refractivity contribution in [1.82, 2.24) is 5.32 Å². The third kappa shape index (κ3) is 3.41. The number of hydrogen-bond acceptors (Lipinski definition) is 3. The van der Waals surface area contributed by atoms with Gasteiger partial charge in [-0.2, -0.15) is 0 Å². The van der Waals surface area contributed by atoms with E-state index in [0.717, 1.165) is 18.4 Å². The molecule has 0 radical (unpaired) electrons. The van der Waals surface area contributed by atoms with Gasteiger partial charge in [-0.15, -0.1) is 0 Å². The zero-order chi connectivity index (χ0) is 17.2. The molecule has 2 amide bonds. The van der Waals surface area contributed by atoms with Gasteiger partial charge in [0.1, 0.15) is 11.5 Å². The lowest BCUT2D eigenvalue weighted by atomic mass is 10.1. The van der Waals surface area contributed by atoms with E-state index >= 15 is 0 Å². The summed E-state index contributed by atoms with van der Waals surface area (Å²) < 4.78 is 10.5. The van der Waals surface area contributed by atoms with Gasteiger partial charge in [-0.25, -0.2) is 4.79 Å². The second kappa shape index (κ2) is 6.61. The fourth-order valence-electron chi connectivity index (χ4n) is 2.66. The third-order valence-corrected chi connectivity index (χ3v) is 4.41. The number of urea groups is 1. The van der Waals surface area contributed by atoms with Crippen molar-refractivity contribution in [1.29, 1.82) is 0 Å². The van der Waals surface area contributed by atoms with Crippen LogP contribution in [0.2, 0.25) is 5.02 Å². The maximum Gasteiger partial charge on any atom is 0.320 e. The molecule has 0 heterocycles. The highest BCUT2D eigenvalue weighted by Crippen LogP contribution is 2.45. The van der Waals surface area contributed by atoms with Crippen LogP contribution >= 0.6 is 11.6 Å².